The number of aromatic nitrogens is 4. The Labute approximate surface area is 123 Å². The molecule has 2 aromatic rings. The number of hydrogen-bond acceptors (Lipinski definition) is 6. The number of fused-ring (bicyclic) bond motifs is 1. The van der Waals surface area contributed by atoms with Crippen LogP contribution in [-0.4, -0.2) is 56.9 Å². The van der Waals surface area contributed by atoms with E-state index in [0.717, 1.165) is 35.9 Å². The third kappa shape index (κ3) is 3.21. The van der Waals surface area contributed by atoms with Crippen molar-refractivity contribution < 1.29 is 4.74 Å². The normalized spacial score (nSPS) is 11.4. The van der Waals surface area contributed by atoms with Gasteiger partial charge in [-0.25, -0.2) is 4.98 Å². The third-order valence-corrected chi connectivity index (χ3v) is 4.19. The molecule has 0 radical (unpaired) electrons. The smallest absolute Gasteiger partial charge is 0.319 e. The van der Waals surface area contributed by atoms with Crippen LogP contribution in [0.15, 0.2) is 11.4 Å². The predicted octanol–water partition coefficient (Wildman–Crippen LogP) is 1.81. The van der Waals surface area contributed by atoms with E-state index in [1.165, 1.54) is 0 Å². The summed E-state index contributed by atoms with van der Waals surface area (Å²) < 4.78 is 7.10. The molecular weight excluding hydrogens is 274 g/mol. The van der Waals surface area contributed by atoms with Crippen LogP contribution < -0.4 is 4.74 Å². The Hall–Kier alpha value is -1.34. The molecule has 0 unspecified atom stereocenters. The average molecular weight is 295 g/mol. The van der Waals surface area contributed by atoms with Crippen molar-refractivity contribution in [1.29, 1.82) is 0 Å². The van der Waals surface area contributed by atoms with Crippen molar-refractivity contribution in [3.8, 4) is 6.01 Å². The van der Waals surface area contributed by atoms with E-state index in [4.69, 9.17) is 4.74 Å². The Bertz CT molecular complexity index is 567. The summed E-state index contributed by atoms with van der Waals surface area (Å²) in [6.45, 7) is 7.56. The van der Waals surface area contributed by atoms with Crippen molar-refractivity contribution >= 4 is 22.9 Å². The Balaban J connectivity index is 2.17. The van der Waals surface area contributed by atoms with Gasteiger partial charge >= 0.3 is 6.01 Å². The van der Waals surface area contributed by atoms with Gasteiger partial charge in [-0.1, -0.05) is 13.8 Å². The lowest BCUT2D eigenvalue weighted by Gasteiger charge is -2.17. The second-order valence-corrected chi connectivity index (χ2v) is 5.50. The minimum atomic E-state index is 0.376. The first-order valence-electron chi connectivity index (χ1n) is 6.77. The highest BCUT2D eigenvalue weighted by Crippen LogP contribution is 2.26. The number of methoxy groups -OCH3 is 1. The zero-order chi connectivity index (χ0) is 14.5. The van der Waals surface area contributed by atoms with Gasteiger partial charge in [0.25, 0.3) is 0 Å². The molecule has 0 saturated carbocycles. The minimum Gasteiger partial charge on any atom is -0.467 e. The van der Waals surface area contributed by atoms with Crippen molar-refractivity contribution in [3.63, 3.8) is 0 Å². The topological polar surface area (TPSA) is 56.1 Å². The summed E-state index contributed by atoms with van der Waals surface area (Å²) in [4.78, 5) is 15.4. The standard InChI is InChI=1S/C13H21N5OS/c1-5-18(6-2)7-8-20-12-10-11(14-9-17(10)3)15-13(16-12)19-4/h9H,5-8H2,1-4H3. The molecule has 0 bridgehead atoms. The van der Waals surface area contributed by atoms with Gasteiger partial charge in [-0.3, -0.25) is 0 Å². The lowest BCUT2D eigenvalue weighted by atomic mass is 10.5. The van der Waals surface area contributed by atoms with Crippen LogP contribution in [0.2, 0.25) is 0 Å². The number of ether oxygens (including phenoxy) is 1. The van der Waals surface area contributed by atoms with Gasteiger partial charge in [0.2, 0.25) is 0 Å². The lowest BCUT2D eigenvalue weighted by Crippen LogP contribution is -2.25. The molecule has 0 fully saturated rings. The van der Waals surface area contributed by atoms with E-state index in [-0.39, 0.29) is 0 Å². The van der Waals surface area contributed by atoms with Crippen molar-refractivity contribution in [1.82, 2.24) is 24.4 Å². The molecule has 0 saturated heterocycles. The van der Waals surface area contributed by atoms with Crippen LogP contribution in [0.5, 0.6) is 6.01 Å². The number of rotatable bonds is 7. The number of aryl methyl sites for hydroxylation is 1. The molecule has 0 aliphatic carbocycles. The van der Waals surface area contributed by atoms with E-state index >= 15 is 0 Å². The number of hydrogen-bond donors (Lipinski definition) is 0. The molecule has 0 N–H and O–H groups in total. The van der Waals surface area contributed by atoms with Gasteiger partial charge in [-0.2, -0.15) is 9.97 Å². The molecular formula is C13H21N5OS. The summed E-state index contributed by atoms with van der Waals surface area (Å²) in [5.74, 6) is 0.988. The van der Waals surface area contributed by atoms with E-state index in [1.807, 2.05) is 11.6 Å². The molecule has 0 atom stereocenters. The van der Waals surface area contributed by atoms with Crippen LogP contribution in [0, 0.1) is 0 Å². The molecule has 0 amide bonds. The maximum atomic E-state index is 5.15. The fourth-order valence-electron chi connectivity index (χ4n) is 2.00. The van der Waals surface area contributed by atoms with E-state index in [9.17, 15) is 0 Å². The highest BCUT2D eigenvalue weighted by molar-refractivity contribution is 7.99. The van der Waals surface area contributed by atoms with E-state index in [0.29, 0.717) is 11.7 Å². The number of nitrogens with zero attached hydrogens (tertiary/aromatic N) is 5. The molecule has 2 aromatic heterocycles. The summed E-state index contributed by atoms with van der Waals surface area (Å²) in [5, 5.41) is 0.930. The molecule has 0 aliphatic heterocycles. The second-order valence-electron chi connectivity index (χ2n) is 4.42. The summed E-state index contributed by atoms with van der Waals surface area (Å²) in [5.41, 5.74) is 1.65. The summed E-state index contributed by atoms with van der Waals surface area (Å²) in [7, 11) is 3.54. The molecule has 6 nitrogen and oxygen atoms in total. The molecule has 110 valence electrons. The SMILES string of the molecule is CCN(CC)CCSc1nc(OC)nc2ncn(C)c12. The molecule has 2 heterocycles. The Morgan fingerprint density at radius 2 is 2.05 bits per heavy atom. The van der Waals surface area contributed by atoms with Gasteiger partial charge in [0, 0.05) is 19.3 Å². The molecule has 20 heavy (non-hydrogen) atoms. The van der Waals surface area contributed by atoms with Crippen LogP contribution in [-0.2, 0) is 7.05 Å². The van der Waals surface area contributed by atoms with Crippen molar-refractivity contribution in [2.24, 2.45) is 7.05 Å². The quantitative estimate of drug-likeness (QED) is 0.573. The van der Waals surface area contributed by atoms with Gasteiger partial charge in [0.05, 0.1) is 13.4 Å². The van der Waals surface area contributed by atoms with Crippen LogP contribution in [0.25, 0.3) is 11.2 Å². The first-order valence-corrected chi connectivity index (χ1v) is 7.76. The number of imidazole rings is 1. The molecule has 2 rings (SSSR count). The Morgan fingerprint density at radius 3 is 2.70 bits per heavy atom. The van der Waals surface area contributed by atoms with Crippen LogP contribution >= 0.6 is 11.8 Å². The average Bonchev–Trinajstić information content (AvgIpc) is 2.85. The maximum absolute atomic E-state index is 5.15. The molecule has 0 aromatic carbocycles. The zero-order valence-corrected chi connectivity index (χ0v) is 13.3. The predicted molar refractivity (Wildman–Crippen MR) is 81.4 cm³/mol. The van der Waals surface area contributed by atoms with Gasteiger partial charge in [0.15, 0.2) is 5.65 Å². The lowest BCUT2D eigenvalue weighted by molar-refractivity contribution is 0.324. The van der Waals surface area contributed by atoms with Gasteiger partial charge < -0.3 is 14.2 Å². The highest BCUT2D eigenvalue weighted by Gasteiger charge is 2.13. The van der Waals surface area contributed by atoms with E-state index in [1.54, 1.807) is 25.2 Å². The van der Waals surface area contributed by atoms with Gasteiger partial charge in [0.1, 0.15) is 10.5 Å². The minimum absolute atomic E-state index is 0.376. The van der Waals surface area contributed by atoms with E-state index in [2.05, 4.69) is 33.7 Å². The zero-order valence-electron chi connectivity index (χ0n) is 12.5. The van der Waals surface area contributed by atoms with Crippen LogP contribution in [0.4, 0.5) is 0 Å². The molecule has 0 spiro atoms. The van der Waals surface area contributed by atoms with Crippen molar-refractivity contribution in [2.45, 2.75) is 18.9 Å². The molecule has 7 heteroatoms. The van der Waals surface area contributed by atoms with Gasteiger partial charge in [-0.15, -0.1) is 11.8 Å². The second kappa shape index (κ2) is 6.90. The fraction of sp³-hybridized carbons (Fsp3) is 0.615. The van der Waals surface area contributed by atoms with Crippen LogP contribution in [0.3, 0.4) is 0 Å². The third-order valence-electron chi connectivity index (χ3n) is 3.24. The maximum Gasteiger partial charge on any atom is 0.319 e. The highest BCUT2D eigenvalue weighted by atomic mass is 32.2. The summed E-state index contributed by atoms with van der Waals surface area (Å²) in [6, 6.07) is 0.376. The Morgan fingerprint density at radius 1 is 1.30 bits per heavy atom. The summed E-state index contributed by atoms with van der Waals surface area (Å²) in [6.07, 6.45) is 1.76. The first-order chi connectivity index (χ1) is 9.69. The van der Waals surface area contributed by atoms with Crippen molar-refractivity contribution in [3.05, 3.63) is 6.33 Å². The van der Waals surface area contributed by atoms with Gasteiger partial charge in [-0.05, 0) is 13.1 Å². The largest absolute Gasteiger partial charge is 0.467 e. The number of thioether (sulfide) groups is 1. The van der Waals surface area contributed by atoms with Crippen LogP contribution in [0.1, 0.15) is 13.8 Å². The summed E-state index contributed by atoms with van der Waals surface area (Å²) >= 11 is 1.72. The Kier molecular flexibility index (Phi) is 5.19. The van der Waals surface area contributed by atoms with Crippen molar-refractivity contribution in [2.75, 3.05) is 32.5 Å². The first kappa shape index (κ1) is 15.1. The fourth-order valence-corrected chi connectivity index (χ4v) is 3.06. The monoisotopic (exact) mass is 295 g/mol. The van der Waals surface area contributed by atoms with E-state index < -0.39 is 0 Å². The molecule has 0 aliphatic rings.